The van der Waals surface area contributed by atoms with Crippen molar-refractivity contribution >= 4 is 0 Å². The first kappa shape index (κ1) is 18.3. The van der Waals surface area contributed by atoms with Crippen molar-refractivity contribution in [3.8, 4) is 0 Å². The molecule has 0 radical (unpaired) electrons. The van der Waals surface area contributed by atoms with Crippen LogP contribution < -0.4 is 5.32 Å². The summed E-state index contributed by atoms with van der Waals surface area (Å²) < 4.78 is 0. The van der Waals surface area contributed by atoms with Crippen LogP contribution in [0.15, 0.2) is 59.8 Å². The van der Waals surface area contributed by atoms with Gasteiger partial charge in [-0.2, -0.15) is 0 Å². The molecule has 1 aromatic carbocycles. The number of benzene rings is 1. The molecule has 0 amide bonds. The number of hydrogen-bond donors (Lipinski definition) is 1. The summed E-state index contributed by atoms with van der Waals surface area (Å²) in [6, 6.07) is 9.34. The van der Waals surface area contributed by atoms with Crippen LogP contribution in [0.1, 0.15) is 71.0 Å². The van der Waals surface area contributed by atoms with E-state index in [0.717, 1.165) is 12.0 Å². The summed E-state index contributed by atoms with van der Waals surface area (Å²) in [6.45, 7) is 16.9. The third kappa shape index (κ3) is 5.55. The molecule has 0 aliphatic rings. The quantitative estimate of drug-likeness (QED) is 0.584. The standard InChI is InChI=1S/C21H31N/c1-8-21(20-13-11-19(12-14-20)16(4)5)22-18(7)10-9-17(6)15(2)3/h9-14,16,21-22H,2,8H2,1,3-7H3/b17-9+,18-10+. The van der Waals surface area contributed by atoms with Gasteiger partial charge in [-0.15, -0.1) is 0 Å². The normalized spacial score (nSPS) is 14.1. The Labute approximate surface area is 136 Å². The highest BCUT2D eigenvalue weighted by molar-refractivity contribution is 5.30. The number of nitrogens with one attached hydrogen (secondary N) is 1. The smallest absolute Gasteiger partial charge is 0.0508 e. The number of rotatable bonds is 7. The van der Waals surface area contributed by atoms with Crippen molar-refractivity contribution in [2.75, 3.05) is 0 Å². The Kier molecular flexibility index (Phi) is 7.17. The second-order valence-corrected chi connectivity index (χ2v) is 6.41. The van der Waals surface area contributed by atoms with Gasteiger partial charge in [0.05, 0.1) is 6.04 Å². The Morgan fingerprint density at radius 1 is 1.05 bits per heavy atom. The van der Waals surface area contributed by atoms with Gasteiger partial charge in [0, 0.05) is 5.70 Å². The van der Waals surface area contributed by atoms with Crippen LogP contribution in [-0.4, -0.2) is 0 Å². The average molecular weight is 297 g/mol. The minimum atomic E-state index is 0.357. The molecule has 0 bridgehead atoms. The van der Waals surface area contributed by atoms with E-state index in [1.54, 1.807) is 0 Å². The van der Waals surface area contributed by atoms with E-state index in [9.17, 15) is 0 Å². The van der Waals surface area contributed by atoms with Crippen molar-refractivity contribution < 1.29 is 0 Å². The van der Waals surface area contributed by atoms with Crippen LogP contribution in [0.3, 0.4) is 0 Å². The molecule has 0 saturated heterocycles. The molecule has 120 valence electrons. The van der Waals surface area contributed by atoms with Crippen molar-refractivity contribution in [2.24, 2.45) is 0 Å². The van der Waals surface area contributed by atoms with Crippen LogP contribution in [0.2, 0.25) is 0 Å². The summed E-state index contributed by atoms with van der Waals surface area (Å²) >= 11 is 0. The SMILES string of the molecule is C=C(C)/C(C)=C/C=C(\C)NC(CC)c1ccc(C(C)C)cc1. The van der Waals surface area contributed by atoms with Crippen LogP contribution >= 0.6 is 0 Å². The molecule has 1 unspecified atom stereocenters. The monoisotopic (exact) mass is 297 g/mol. The van der Waals surface area contributed by atoms with E-state index in [0.29, 0.717) is 12.0 Å². The van der Waals surface area contributed by atoms with E-state index in [4.69, 9.17) is 0 Å². The highest BCUT2D eigenvalue weighted by atomic mass is 14.9. The van der Waals surface area contributed by atoms with Crippen molar-refractivity contribution in [1.82, 2.24) is 5.32 Å². The fraction of sp³-hybridized carbons (Fsp3) is 0.429. The van der Waals surface area contributed by atoms with Gasteiger partial charge in [0.1, 0.15) is 0 Å². The Morgan fingerprint density at radius 2 is 1.59 bits per heavy atom. The van der Waals surface area contributed by atoms with Gasteiger partial charge >= 0.3 is 0 Å². The molecule has 1 heteroatoms. The van der Waals surface area contributed by atoms with E-state index in [2.05, 4.69) is 82.9 Å². The maximum absolute atomic E-state index is 3.96. The lowest BCUT2D eigenvalue weighted by molar-refractivity contribution is 0.579. The Morgan fingerprint density at radius 3 is 2.05 bits per heavy atom. The largest absolute Gasteiger partial charge is 0.382 e. The second kappa shape index (κ2) is 8.63. The lowest BCUT2D eigenvalue weighted by Gasteiger charge is -2.20. The van der Waals surface area contributed by atoms with Crippen LogP contribution in [0.4, 0.5) is 0 Å². The van der Waals surface area contributed by atoms with Gasteiger partial charge in [0.2, 0.25) is 0 Å². The highest BCUT2D eigenvalue weighted by Gasteiger charge is 2.09. The summed E-state index contributed by atoms with van der Waals surface area (Å²) in [5.41, 5.74) is 6.25. The first-order valence-electron chi connectivity index (χ1n) is 8.22. The van der Waals surface area contributed by atoms with Gasteiger partial charge < -0.3 is 5.32 Å². The van der Waals surface area contributed by atoms with Gasteiger partial charge in [-0.3, -0.25) is 0 Å². The fourth-order valence-electron chi connectivity index (χ4n) is 2.25. The Bertz CT molecular complexity index is 544. The Balaban J connectivity index is 2.82. The van der Waals surface area contributed by atoms with Crippen LogP contribution in [-0.2, 0) is 0 Å². The molecular weight excluding hydrogens is 266 g/mol. The van der Waals surface area contributed by atoms with Gasteiger partial charge in [0.25, 0.3) is 0 Å². The second-order valence-electron chi connectivity index (χ2n) is 6.41. The summed E-state index contributed by atoms with van der Waals surface area (Å²) in [5.74, 6) is 0.582. The molecule has 1 nitrogen and oxygen atoms in total. The number of hydrogen-bond acceptors (Lipinski definition) is 1. The van der Waals surface area contributed by atoms with Gasteiger partial charge in [-0.05, 0) is 55.9 Å². The summed E-state index contributed by atoms with van der Waals surface area (Å²) in [5, 5.41) is 3.61. The Hall–Kier alpha value is -1.76. The molecule has 1 atom stereocenters. The number of allylic oxidation sites excluding steroid dienone is 5. The molecule has 0 saturated carbocycles. The van der Waals surface area contributed by atoms with Gasteiger partial charge in [-0.25, -0.2) is 0 Å². The predicted molar refractivity (Wildman–Crippen MR) is 99.0 cm³/mol. The summed E-state index contributed by atoms with van der Waals surface area (Å²) in [6.07, 6.45) is 5.32. The lowest BCUT2D eigenvalue weighted by Crippen LogP contribution is -2.18. The van der Waals surface area contributed by atoms with E-state index in [-0.39, 0.29) is 0 Å². The molecule has 1 aromatic rings. The van der Waals surface area contributed by atoms with Crippen molar-refractivity contribution in [3.63, 3.8) is 0 Å². The van der Waals surface area contributed by atoms with Gasteiger partial charge in [0.15, 0.2) is 0 Å². The van der Waals surface area contributed by atoms with Crippen molar-refractivity contribution in [1.29, 1.82) is 0 Å². The molecule has 0 aromatic heterocycles. The van der Waals surface area contributed by atoms with Crippen LogP contribution in [0.5, 0.6) is 0 Å². The molecular formula is C21H31N. The van der Waals surface area contributed by atoms with E-state index >= 15 is 0 Å². The zero-order chi connectivity index (χ0) is 16.7. The zero-order valence-corrected chi connectivity index (χ0v) is 15.0. The molecule has 0 aliphatic carbocycles. The third-order valence-electron chi connectivity index (χ3n) is 4.07. The first-order chi connectivity index (χ1) is 10.3. The third-order valence-corrected chi connectivity index (χ3v) is 4.07. The van der Waals surface area contributed by atoms with E-state index in [1.165, 1.54) is 22.4 Å². The maximum Gasteiger partial charge on any atom is 0.0508 e. The molecule has 0 spiro atoms. The van der Waals surface area contributed by atoms with Crippen LogP contribution in [0, 0.1) is 0 Å². The summed E-state index contributed by atoms with van der Waals surface area (Å²) in [7, 11) is 0. The van der Waals surface area contributed by atoms with Crippen LogP contribution in [0.25, 0.3) is 0 Å². The van der Waals surface area contributed by atoms with Crippen molar-refractivity contribution in [3.05, 3.63) is 71.0 Å². The first-order valence-corrected chi connectivity index (χ1v) is 8.22. The van der Waals surface area contributed by atoms with E-state index in [1.807, 2.05) is 6.92 Å². The van der Waals surface area contributed by atoms with Crippen molar-refractivity contribution in [2.45, 2.75) is 59.9 Å². The minimum Gasteiger partial charge on any atom is -0.382 e. The molecule has 1 rings (SSSR count). The topological polar surface area (TPSA) is 12.0 Å². The zero-order valence-electron chi connectivity index (χ0n) is 15.0. The molecule has 0 fully saturated rings. The maximum atomic E-state index is 3.96. The van der Waals surface area contributed by atoms with E-state index < -0.39 is 0 Å². The molecule has 1 N–H and O–H groups in total. The lowest BCUT2D eigenvalue weighted by atomic mass is 9.98. The van der Waals surface area contributed by atoms with Gasteiger partial charge in [-0.1, -0.05) is 63.3 Å². The minimum absolute atomic E-state index is 0.357. The molecule has 0 heterocycles. The molecule has 22 heavy (non-hydrogen) atoms. The molecule has 0 aliphatic heterocycles. The average Bonchev–Trinajstić information content (AvgIpc) is 2.50. The summed E-state index contributed by atoms with van der Waals surface area (Å²) in [4.78, 5) is 0. The fourth-order valence-corrected chi connectivity index (χ4v) is 2.25. The highest BCUT2D eigenvalue weighted by Crippen LogP contribution is 2.21. The predicted octanol–water partition coefficient (Wildman–Crippen LogP) is 6.28.